The van der Waals surface area contributed by atoms with E-state index in [0.29, 0.717) is 16.6 Å². The second-order valence-corrected chi connectivity index (χ2v) is 6.93. The molecular weight excluding hydrogens is 406 g/mol. The number of carbonyl (C=O) groups is 1. The van der Waals surface area contributed by atoms with Crippen molar-refractivity contribution < 1.29 is 14.3 Å². The standard InChI is InChI=1S/C17H16BrN3O3S/c1-23-11-4-5-13-14(8-11)21-17(20-13)25-9-16(22)19-10-3-6-15(24-2)12(18)7-10/h3-8H,9H2,1-2H3,(H,19,22)(H,20,21). The largest absolute Gasteiger partial charge is 0.497 e. The highest BCUT2D eigenvalue weighted by molar-refractivity contribution is 9.10. The Morgan fingerprint density at radius 2 is 2.08 bits per heavy atom. The monoisotopic (exact) mass is 421 g/mol. The molecule has 3 rings (SSSR count). The number of hydrogen-bond acceptors (Lipinski definition) is 5. The fourth-order valence-electron chi connectivity index (χ4n) is 2.24. The topological polar surface area (TPSA) is 76.2 Å². The predicted molar refractivity (Wildman–Crippen MR) is 103 cm³/mol. The lowest BCUT2D eigenvalue weighted by Crippen LogP contribution is -2.14. The van der Waals surface area contributed by atoms with Gasteiger partial charge in [0.2, 0.25) is 5.91 Å². The van der Waals surface area contributed by atoms with E-state index in [1.165, 1.54) is 11.8 Å². The molecule has 2 aromatic carbocycles. The molecule has 0 radical (unpaired) electrons. The Kier molecular flexibility index (Phi) is 5.50. The molecule has 1 amide bonds. The number of fused-ring (bicyclic) bond motifs is 1. The van der Waals surface area contributed by atoms with Crippen LogP contribution in [0.1, 0.15) is 0 Å². The van der Waals surface area contributed by atoms with Gasteiger partial charge in [0.05, 0.1) is 35.5 Å². The van der Waals surface area contributed by atoms with Gasteiger partial charge in [0.1, 0.15) is 11.5 Å². The summed E-state index contributed by atoms with van der Waals surface area (Å²) in [6.45, 7) is 0. The minimum Gasteiger partial charge on any atom is -0.497 e. The van der Waals surface area contributed by atoms with Crippen LogP contribution in [0.25, 0.3) is 11.0 Å². The van der Waals surface area contributed by atoms with E-state index in [-0.39, 0.29) is 11.7 Å². The summed E-state index contributed by atoms with van der Waals surface area (Å²) in [6, 6.07) is 11.0. The van der Waals surface area contributed by atoms with Crippen LogP contribution in [0.3, 0.4) is 0 Å². The Bertz CT molecular complexity index is 913. The fraction of sp³-hybridized carbons (Fsp3) is 0.176. The van der Waals surface area contributed by atoms with E-state index in [0.717, 1.165) is 21.3 Å². The third-order valence-electron chi connectivity index (χ3n) is 3.44. The van der Waals surface area contributed by atoms with Crippen LogP contribution < -0.4 is 14.8 Å². The maximum Gasteiger partial charge on any atom is 0.234 e. The molecule has 6 nitrogen and oxygen atoms in total. The number of amides is 1. The average molecular weight is 422 g/mol. The van der Waals surface area contributed by atoms with Crippen molar-refractivity contribution in [2.24, 2.45) is 0 Å². The highest BCUT2D eigenvalue weighted by Crippen LogP contribution is 2.28. The van der Waals surface area contributed by atoms with Crippen LogP contribution in [-0.4, -0.2) is 35.8 Å². The van der Waals surface area contributed by atoms with Crippen LogP contribution in [0.2, 0.25) is 0 Å². The molecule has 1 heterocycles. The summed E-state index contributed by atoms with van der Waals surface area (Å²) < 4.78 is 11.1. The third kappa shape index (κ3) is 4.26. The van der Waals surface area contributed by atoms with Crippen molar-refractivity contribution in [3.8, 4) is 11.5 Å². The highest BCUT2D eigenvalue weighted by Gasteiger charge is 2.09. The van der Waals surface area contributed by atoms with Crippen LogP contribution in [0, 0.1) is 0 Å². The Morgan fingerprint density at radius 1 is 1.24 bits per heavy atom. The number of ether oxygens (including phenoxy) is 2. The summed E-state index contributed by atoms with van der Waals surface area (Å²) >= 11 is 4.74. The van der Waals surface area contributed by atoms with Crippen LogP contribution in [0.4, 0.5) is 5.69 Å². The van der Waals surface area contributed by atoms with Crippen molar-refractivity contribution in [3.63, 3.8) is 0 Å². The number of thioether (sulfide) groups is 1. The highest BCUT2D eigenvalue weighted by atomic mass is 79.9. The molecule has 0 saturated carbocycles. The minimum atomic E-state index is -0.111. The van der Waals surface area contributed by atoms with E-state index in [4.69, 9.17) is 9.47 Å². The molecule has 0 atom stereocenters. The number of nitrogens with zero attached hydrogens (tertiary/aromatic N) is 1. The molecule has 0 saturated heterocycles. The van der Waals surface area contributed by atoms with Gasteiger partial charge in [-0.25, -0.2) is 4.98 Å². The number of H-pyrrole nitrogens is 1. The molecule has 130 valence electrons. The van der Waals surface area contributed by atoms with Gasteiger partial charge in [0, 0.05) is 11.8 Å². The lowest BCUT2D eigenvalue weighted by molar-refractivity contribution is -0.113. The third-order valence-corrected chi connectivity index (χ3v) is 4.94. The Hall–Kier alpha value is -2.19. The first kappa shape index (κ1) is 17.6. The first-order valence-corrected chi connectivity index (χ1v) is 9.17. The maximum atomic E-state index is 12.1. The number of methoxy groups -OCH3 is 2. The zero-order valence-electron chi connectivity index (χ0n) is 13.6. The summed E-state index contributed by atoms with van der Waals surface area (Å²) in [7, 11) is 3.22. The molecule has 0 spiro atoms. The molecule has 1 aromatic heterocycles. The zero-order chi connectivity index (χ0) is 17.8. The number of halogens is 1. The van der Waals surface area contributed by atoms with Crippen molar-refractivity contribution in [1.29, 1.82) is 0 Å². The Morgan fingerprint density at radius 3 is 2.80 bits per heavy atom. The molecule has 25 heavy (non-hydrogen) atoms. The van der Waals surface area contributed by atoms with E-state index < -0.39 is 0 Å². The molecule has 0 aliphatic carbocycles. The van der Waals surface area contributed by atoms with Gasteiger partial charge in [-0.15, -0.1) is 0 Å². The molecule has 0 unspecified atom stereocenters. The van der Waals surface area contributed by atoms with Crippen molar-refractivity contribution >= 4 is 50.3 Å². The second-order valence-electron chi connectivity index (χ2n) is 5.11. The van der Waals surface area contributed by atoms with Crippen molar-refractivity contribution in [3.05, 3.63) is 40.9 Å². The van der Waals surface area contributed by atoms with Gasteiger partial charge in [-0.1, -0.05) is 11.8 Å². The summed E-state index contributed by atoms with van der Waals surface area (Å²) in [5, 5.41) is 3.54. The molecule has 2 N–H and O–H groups in total. The lowest BCUT2D eigenvalue weighted by Gasteiger charge is -2.07. The Labute approximate surface area is 157 Å². The van der Waals surface area contributed by atoms with E-state index in [1.807, 2.05) is 18.2 Å². The van der Waals surface area contributed by atoms with E-state index >= 15 is 0 Å². The van der Waals surface area contributed by atoms with Gasteiger partial charge in [0.25, 0.3) is 0 Å². The fourth-order valence-corrected chi connectivity index (χ4v) is 3.46. The first-order chi connectivity index (χ1) is 12.1. The SMILES string of the molecule is COc1ccc2nc(SCC(=O)Nc3ccc(OC)c(Br)c3)[nH]c2c1. The lowest BCUT2D eigenvalue weighted by atomic mass is 10.3. The van der Waals surface area contributed by atoms with Gasteiger partial charge < -0.3 is 19.8 Å². The number of carbonyl (C=O) groups excluding carboxylic acids is 1. The number of aromatic nitrogens is 2. The molecular formula is C17H16BrN3O3S. The van der Waals surface area contributed by atoms with Gasteiger partial charge >= 0.3 is 0 Å². The van der Waals surface area contributed by atoms with Crippen molar-refractivity contribution in [2.75, 3.05) is 25.3 Å². The molecule has 8 heteroatoms. The molecule has 0 fully saturated rings. The molecule has 0 aliphatic rings. The van der Waals surface area contributed by atoms with Gasteiger partial charge in [-0.05, 0) is 46.3 Å². The zero-order valence-corrected chi connectivity index (χ0v) is 16.0. The van der Waals surface area contributed by atoms with Gasteiger partial charge in [0.15, 0.2) is 5.16 Å². The van der Waals surface area contributed by atoms with Gasteiger partial charge in [-0.3, -0.25) is 4.79 Å². The number of hydrogen-bond donors (Lipinski definition) is 2. The van der Waals surface area contributed by atoms with Crippen LogP contribution in [0.15, 0.2) is 46.0 Å². The van der Waals surface area contributed by atoms with Gasteiger partial charge in [-0.2, -0.15) is 0 Å². The summed E-state index contributed by atoms with van der Waals surface area (Å²) in [5.74, 6) is 1.61. The van der Waals surface area contributed by atoms with Crippen LogP contribution >= 0.6 is 27.7 Å². The minimum absolute atomic E-state index is 0.111. The number of benzene rings is 2. The smallest absolute Gasteiger partial charge is 0.234 e. The summed E-state index contributed by atoms with van der Waals surface area (Å²) in [5.41, 5.74) is 2.41. The van der Waals surface area contributed by atoms with E-state index in [9.17, 15) is 4.79 Å². The van der Waals surface area contributed by atoms with Crippen LogP contribution in [0.5, 0.6) is 11.5 Å². The number of aromatic amines is 1. The average Bonchev–Trinajstić information content (AvgIpc) is 3.02. The summed E-state index contributed by atoms with van der Waals surface area (Å²) in [4.78, 5) is 19.8. The quantitative estimate of drug-likeness (QED) is 0.586. The number of anilines is 1. The number of rotatable bonds is 6. The van der Waals surface area contributed by atoms with E-state index in [1.54, 1.807) is 32.4 Å². The first-order valence-electron chi connectivity index (χ1n) is 7.39. The van der Waals surface area contributed by atoms with Crippen molar-refractivity contribution in [2.45, 2.75) is 5.16 Å². The summed E-state index contributed by atoms with van der Waals surface area (Å²) in [6.07, 6.45) is 0. The van der Waals surface area contributed by atoms with E-state index in [2.05, 4.69) is 31.2 Å². The van der Waals surface area contributed by atoms with Crippen molar-refractivity contribution in [1.82, 2.24) is 9.97 Å². The van der Waals surface area contributed by atoms with Crippen LogP contribution in [-0.2, 0) is 4.79 Å². The predicted octanol–water partition coefficient (Wildman–Crippen LogP) is 4.07. The molecule has 0 aliphatic heterocycles. The second kappa shape index (κ2) is 7.79. The molecule has 0 bridgehead atoms. The number of nitrogens with one attached hydrogen (secondary N) is 2. The normalized spacial score (nSPS) is 10.7. The number of imidazole rings is 1. The maximum absolute atomic E-state index is 12.1. The molecule has 3 aromatic rings. The Balaban J connectivity index is 1.61.